The number of rotatable bonds is 4. The molecule has 2 amide bonds. The Balaban J connectivity index is 1.84. The van der Waals surface area contributed by atoms with E-state index in [0.717, 1.165) is 32.7 Å². The number of piperazine rings is 2. The van der Waals surface area contributed by atoms with Crippen LogP contribution in [0.25, 0.3) is 0 Å². The van der Waals surface area contributed by atoms with Crippen molar-refractivity contribution in [3.63, 3.8) is 0 Å². The molecule has 2 aliphatic heterocycles. The molecule has 0 aliphatic carbocycles. The van der Waals surface area contributed by atoms with E-state index in [-0.39, 0.29) is 23.8 Å². The second-order valence-corrected chi connectivity index (χ2v) is 5.90. The zero-order valence-electron chi connectivity index (χ0n) is 12.5. The minimum atomic E-state index is -0.0976. The van der Waals surface area contributed by atoms with Crippen LogP contribution in [0.3, 0.4) is 0 Å². The maximum atomic E-state index is 12.2. The SMILES string of the molecule is CC(C)C1C(=O)NCCN1CCC(=O)N1CCNCC1. The molecule has 2 fully saturated rings. The van der Waals surface area contributed by atoms with Gasteiger partial charge in [0.2, 0.25) is 11.8 Å². The van der Waals surface area contributed by atoms with Crippen molar-refractivity contribution in [2.45, 2.75) is 26.3 Å². The molecule has 1 unspecified atom stereocenters. The summed E-state index contributed by atoms with van der Waals surface area (Å²) in [6.45, 7) is 9.67. The average molecular weight is 282 g/mol. The number of carbonyl (C=O) groups is 2. The molecule has 0 aromatic heterocycles. The van der Waals surface area contributed by atoms with Crippen molar-refractivity contribution in [1.29, 1.82) is 0 Å². The predicted molar refractivity (Wildman–Crippen MR) is 77.3 cm³/mol. The third kappa shape index (κ3) is 3.70. The highest BCUT2D eigenvalue weighted by molar-refractivity contribution is 5.83. The van der Waals surface area contributed by atoms with Gasteiger partial charge in [-0.25, -0.2) is 0 Å². The van der Waals surface area contributed by atoms with Gasteiger partial charge in [0.1, 0.15) is 0 Å². The fraction of sp³-hybridized carbons (Fsp3) is 0.857. The second kappa shape index (κ2) is 7.04. The molecule has 2 saturated heterocycles. The molecule has 0 spiro atoms. The van der Waals surface area contributed by atoms with Crippen LogP contribution in [-0.2, 0) is 9.59 Å². The molecule has 0 bridgehead atoms. The first-order valence-electron chi connectivity index (χ1n) is 7.60. The quantitative estimate of drug-likeness (QED) is 0.713. The van der Waals surface area contributed by atoms with Gasteiger partial charge in [0.05, 0.1) is 6.04 Å². The molecule has 6 heteroatoms. The number of carbonyl (C=O) groups excluding carboxylic acids is 2. The van der Waals surface area contributed by atoms with Crippen LogP contribution in [-0.4, -0.2) is 73.5 Å². The standard InChI is InChI=1S/C14H26N4O2/c1-11(2)13-14(20)16-6-10-18(13)7-3-12(19)17-8-4-15-5-9-17/h11,13,15H,3-10H2,1-2H3,(H,16,20). The maximum absolute atomic E-state index is 12.2. The normalized spacial score (nSPS) is 24.9. The van der Waals surface area contributed by atoms with Gasteiger partial charge >= 0.3 is 0 Å². The van der Waals surface area contributed by atoms with Crippen LogP contribution < -0.4 is 10.6 Å². The van der Waals surface area contributed by atoms with Crippen LogP contribution in [0.1, 0.15) is 20.3 Å². The summed E-state index contributed by atoms with van der Waals surface area (Å²) in [5, 5.41) is 6.16. The van der Waals surface area contributed by atoms with Gasteiger partial charge in [-0.2, -0.15) is 0 Å². The summed E-state index contributed by atoms with van der Waals surface area (Å²) in [7, 11) is 0. The summed E-state index contributed by atoms with van der Waals surface area (Å²) < 4.78 is 0. The van der Waals surface area contributed by atoms with Gasteiger partial charge < -0.3 is 15.5 Å². The fourth-order valence-electron chi connectivity index (χ4n) is 3.02. The van der Waals surface area contributed by atoms with Crippen molar-refractivity contribution >= 4 is 11.8 Å². The van der Waals surface area contributed by atoms with E-state index in [2.05, 4.69) is 29.4 Å². The fourth-order valence-corrected chi connectivity index (χ4v) is 3.02. The summed E-state index contributed by atoms with van der Waals surface area (Å²) in [6, 6.07) is -0.0976. The molecule has 0 saturated carbocycles. The Morgan fingerprint density at radius 1 is 1.25 bits per heavy atom. The van der Waals surface area contributed by atoms with Crippen molar-refractivity contribution in [1.82, 2.24) is 20.4 Å². The highest BCUT2D eigenvalue weighted by Gasteiger charge is 2.32. The third-order valence-corrected chi connectivity index (χ3v) is 4.07. The first-order valence-corrected chi connectivity index (χ1v) is 7.60. The van der Waals surface area contributed by atoms with Crippen LogP contribution >= 0.6 is 0 Å². The Labute approximate surface area is 120 Å². The van der Waals surface area contributed by atoms with Crippen LogP contribution in [0.4, 0.5) is 0 Å². The molecule has 6 nitrogen and oxygen atoms in total. The zero-order valence-corrected chi connectivity index (χ0v) is 12.5. The Morgan fingerprint density at radius 2 is 1.95 bits per heavy atom. The summed E-state index contributed by atoms with van der Waals surface area (Å²) in [5.74, 6) is 0.574. The first kappa shape index (κ1) is 15.3. The molecule has 2 rings (SSSR count). The van der Waals surface area contributed by atoms with Crippen LogP contribution in [0, 0.1) is 5.92 Å². The molecular weight excluding hydrogens is 256 g/mol. The summed E-state index contributed by atoms with van der Waals surface area (Å²) >= 11 is 0. The lowest BCUT2D eigenvalue weighted by molar-refractivity contribution is -0.135. The van der Waals surface area contributed by atoms with Gasteiger partial charge in [0, 0.05) is 52.2 Å². The minimum absolute atomic E-state index is 0.0976. The molecular formula is C14H26N4O2. The van der Waals surface area contributed by atoms with E-state index >= 15 is 0 Å². The Bertz CT molecular complexity index is 353. The van der Waals surface area contributed by atoms with E-state index in [1.54, 1.807) is 0 Å². The van der Waals surface area contributed by atoms with Crippen LogP contribution in [0.5, 0.6) is 0 Å². The lowest BCUT2D eigenvalue weighted by atomic mass is 9.99. The minimum Gasteiger partial charge on any atom is -0.353 e. The largest absolute Gasteiger partial charge is 0.353 e. The third-order valence-electron chi connectivity index (χ3n) is 4.07. The van der Waals surface area contributed by atoms with Gasteiger partial charge in [-0.05, 0) is 5.92 Å². The van der Waals surface area contributed by atoms with Gasteiger partial charge in [-0.15, -0.1) is 0 Å². The molecule has 114 valence electrons. The Kier molecular flexibility index (Phi) is 5.37. The van der Waals surface area contributed by atoms with Gasteiger partial charge in [0.25, 0.3) is 0 Å². The first-order chi connectivity index (χ1) is 9.59. The van der Waals surface area contributed by atoms with Crippen molar-refractivity contribution in [3.8, 4) is 0 Å². The molecule has 20 heavy (non-hydrogen) atoms. The number of nitrogens with zero attached hydrogens (tertiary/aromatic N) is 2. The van der Waals surface area contributed by atoms with E-state index in [1.807, 2.05) is 4.90 Å². The van der Waals surface area contributed by atoms with Crippen molar-refractivity contribution < 1.29 is 9.59 Å². The van der Waals surface area contributed by atoms with Crippen molar-refractivity contribution in [2.75, 3.05) is 45.8 Å². The Hall–Kier alpha value is -1.14. The van der Waals surface area contributed by atoms with Crippen LogP contribution in [0.2, 0.25) is 0 Å². The molecule has 0 aromatic rings. The van der Waals surface area contributed by atoms with Gasteiger partial charge in [-0.3, -0.25) is 14.5 Å². The summed E-state index contributed by atoms with van der Waals surface area (Å²) in [6.07, 6.45) is 0.510. The molecule has 2 aliphatic rings. The van der Waals surface area contributed by atoms with Gasteiger partial charge in [0.15, 0.2) is 0 Å². The predicted octanol–water partition coefficient (Wildman–Crippen LogP) is -0.735. The summed E-state index contributed by atoms with van der Waals surface area (Å²) in [4.78, 5) is 28.2. The van der Waals surface area contributed by atoms with E-state index in [4.69, 9.17) is 0 Å². The highest BCUT2D eigenvalue weighted by Crippen LogP contribution is 2.14. The van der Waals surface area contributed by atoms with E-state index in [9.17, 15) is 9.59 Å². The maximum Gasteiger partial charge on any atom is 0.237 e. The monoisotopic (exact) mass is 282 g/mol. The molecule has 2 heterocycles. The number of hydrogen-bond acceptors (Lipinski definition) is 4. The smallest absolute Gasteiger partial charge is 0.237 e. The molecule has 2 N–H and O–H groups in total. The lowest BCUT2D eigenvalue weighted by Crippen LogP contribution is -2.58. The van der Waals surface area contributed by atoms with Crippen LogP contribution in [0.15, 0.2) is 0 Å². The summed E-state index contributed by atoms with van der Waals surface area (Å²) in [5.41, 5.74) is 0. The van der Waals surface area contributed by atoms with E-state index in [1.165, 1.54) is 0 Å². The zero-order chi connectivity index (χ0) is 14.5. The Morgan fingerprint density at radius 3 is 2.60 bits per heavy atom. The topological polar surface area (TPSA) is 64.7 Å². The number of amides is 2. The second-order valence-electron chi connectivity index (χ2n) is 5.90. The van der Waals surface area contributed by atoms with Crippen molar-refractivity contribution in [3.05, 3.63) is 0 Å². The van der Waals surface area contributed by atoms with E-state index < -0.39 is 0 Å². The lowest BCUT2D eigenvalue weighted by Gasteiger charge is -2.37. The molecule has 0 aromatic carbocycles. The van der Waals surface area contributed by atoms with Gasteiger partial charge in [-0.1, -0.05) is 13.8 Å². The van der Waals surface area contributed by atoms with E-state index in [0.29, 0.717) is 19.5 Å². The highest BCUT2D eigenvalue weighted by atomic mass is 16.2. The molecule has 1 atom stereocenters. The average Bonchev–Trinajstić information content (AvgIpc) is 2.45. The molecule has 0 radical (unpaired) electrons. The number of nitrogens with one attached hydrogen (secondary N) is 2. The van der Waals surface area contributed by atoms with Crippen molar-refractivity contribution in [2.24, 2.45) is 5.92 Å². The number of hydrogen-bond donors (Lipinski definition) is 2.